The van der Waals surface area contributed by atoms with Gasteiger partial charge in [-0.05, 0) is 16.8 Å². The van der Waals surface area contributed by atoms with E-state index in [0.717, 1.165) is 10.1 Å². The van der Waals surface area contributed by atoms with Crippen LogP contribution in [-0.4, -0.2) is 19.3 Å². The molecule has 0 aliphatic rings. The fourth-order valence-electron chi connectivity index (χ4n) is 1.57. The molecule has 0 saturated carbocycles. The first-order valence-electron chi connectivity index (χ1n) is 4.62. The lowest BCUT2D eigenvalue weighted by Gasteiger charge is -2.07. The second-order valence-electron chi connectivity index (χ2n) is 3.53. The van der Waals surface area contributed by atoms with E-state index in [1.807, 2.05) is 24.3 Å². The number of hydrogen-bond acceptors (Lipinski definition) is 4. The molecule has 2 aromatic rings. The predicted molar refractivity (Wildman–Crippen MR) is 64.8 cm³/mol. The molecule has 1 atom stereocenters. The molecule has 0 fully saturated rings. The number of aliphatic hydroxyl groups is 1. The summed E-state index contributed by atoms with van der Waals surface area (Å²) in [5, 5.41) is 17.3. The molecule has 0 aliphatic heterocycles. The number of primary sulfonamides is 1. The first kappa shape index (κ1) is 11.5. The third-order valence-electron chi connectivity index (χ3n) is 2.26. The highest BCUT2D eigenvalue weighted by atomic mass is 32.2. The summed E-state index contributed by atoms with van der Waals surface area (Å²) >= 11 is 1.47. The standard InChI is InChI=1S/C10H11NO3S2/c11-16(13,14)6-9(12)8-5-15-10-4-2-1-3-7(8)10/h1-5,9,12H,6H2,(H2,11,13,14). The van der Waals surface area contributed by atoms with Gasteiger partial charge in [-0.15, -0.1) is 11.3 Å². The average Bonchev–Trinajstić information content (AvgIpc) is 2.58. The molecule has 16 heavy (non-hydrogen) atoms. The molecule has 3 N–H and O–H groups in total. The molecule has 6 heteroatoms. The van der Waals surface area contributed by atoms with Crippen LogP contribution in [0.4, 0.5) is 0 Å². The van der Waals surface area contributed by atoms with Gasteiger partial charge in [0.1, 0.15) is 0 Å². The normalized spacial score (nSPS) is 14.1. The average molecular weight is 257 g/mol. The highest BCUT2D eigenvalue weighted by Crippen LogP contribution is 2.30. The van der Waals surface area contributed by atoms with E-state index in [9.17, 15) is 13.5 Å². The van der Waals surface area contributed by atoms with Crippen molar-refractivity contribution in [3.05, 3.63) is 35.2 Å². The van der Waals surface area contributed by atoms with Crippen LogP contribution in [0.25, 0.3) is 10.1 Å². The molecule has 0 spiro atoms. The smallest absolute Gasteiger partial charge is 0.211 e. The lowest BCUT2D eigenvalue weighted by atomic mass is 10.1. The summed E-state index contributed by atoms with van der Waals surface area (Å²) in [6, 6.07) is 7.53. The molecule has 0 amide bonds. The Bertz CT molecular complexity index is 603. The lowest BCUT2D eigenvalue weighted by Crippen LogP contribution is -2.21. The Kier molecular flexibility index (Phi) is 2.98. The molecule has 0 radical (unpaired) electrons. The molecule has 1 aromatic heterocycles. The Morgan fingerprint density at radius 1 is 1.38 bits per heavy atom. The van der Waals surface area contributed by atoms with Gasteiger partial charge in [0.05, 0.1) is 11.9 Å². The van der Waals surface area contributed by atoms with Crippen molar-refractivity contribution >= 4 is 31.4 Å². The number of thiophene rings is 1. The van der Waals surface area contributed by atoms with Gasteiger partial charge in [-0.3, -0.25) is 0 Å². The molecule has 0 bridgehead atoms. The first-order valence-corrected chi connectivity index (χ1v) is 7.21. The van der Waals surface area contributed by atoms with Crippen LogP contribution in [0.2, 0.25) is 0 Å². The van der Waals surface area contributed by atoms with Gasteiger partial charge in [0.25, 0.3) is 0 Å². The van der Waals surface area contributed by atoms with Gasteiger partial charge >= 0.3 is 0 Å². The molecule has 1 unspecified atom stereocenters. The third kappa shape index (κ3) is 2.41. The number of sulfonamides is 1. The number of nitrogens with two attached hydrogens (primary N) is 1. The van der Waals surface area contributed by atoms with E-state index in [1.54, 1.807) is 5.38 Å². The van der Waals surface area contributed by atoms with Gasteiger partial charge in [0.2, 0.25) is 10.0 Å². The second kappa shape index (κ2) is 4.14. The molecular formula is C10H11NO3S2. The summed E-state index contributed by atoms with van der Waals surface area (Å²) in [4.78, 5) is 0. The van der Waals surface area contributed by atoms with Crippen LogP contribution < -0.4 is 5.14 Å². The van der Waals surface area contributed by atoms with E-state index in [0.29, 0.717) is 5.56 Å². The minimum atomic E-state index is -3.66. The van der Waals surface area contributed by atoms with E-state index >= 15 is 0 Å². The van der Waals surface area contributed by atoms with E-state index in [1.165, 1.54) is 11.3 Å². The van der Waals surface area contributed by atoms with Crippen LogP contribution in [-0.2, 0) is 10.0 Å². The van der Waals surface area contributed by atoms with Gasteiger partial charge < -0.3 is 5.11 Å². The van der Waals surface area contributed by atoms with Gasteiger partial charge in [0.15, 0.2) is 0 Å². The van der Waals surface area contributed by atoms with E-state index in [-0.39, 0.29) is 0 Å². The van der Waals surface area contributed by atoms with Crippen LogP contribution in [0.5, 0.6) is 0 Å². The number of fused-ring (bicyclic) bond motifs is 1. The maximum atomic E-state index is 10.9. The van der Waals surface area contributed by atoms with Crippen molar-refractivity contribution < 1.29 is 13.5 Å². The molecule has 1 aromatic carbocycles. The highest BCUT2D eigenvalue weighted by Gasteiger charge is 2.18. The molecule has 0 saturated heterocycles. The van der Waals surface area contributed by atoms with Gasteiger partial charge in [-0.2, -0.15) is 0 Å². The van der Waals surface area contributed by atoms with E-state index in [4.69, 9.17) is 5.14 Å². The summed E-state index contributed by atoms with van der Waals surface area (Å²) in [5.41, 5.74) is 0.620. The van der Waals surface area contributed by atoms with Crippen LogP contribution in [0.1, 0.15) is 11.7 Å². The van der Waals surface area contributed by atoms with Crippen LogP contribution >= 0.6 is 11.3 Å². The lowest BCUT2D eigenvalue weighted by molar-refractivity contribution is 0.203. The number of aliphatic hydroxyl groups excluding tert-OH is 1. The summed E-state index contributed by atoms with van der Waals surface area (Å²) in [6.07, 6.45) is -1.06. The van der Waals surface area contributed by atoms with Gasteiger partial charge in [0, 0.05) is 10.3 Å². The van der Waals surface area contributed by atoms with Crippen molar-refractivity contribution in [1.29, 1.82) is 0 Å². The Morgan fingerprint density at radius 3 is 2.75 bits per heavy atom. The fourth-order valence-corrected chi connectivity index (χ4v) is 3.19. The van der Waals surface area contributed by atoms with Crippen molar-refractivity contribution in [3.8, 4) is 0 Å². The quantitative estimate of drug-likeness (QED) is 0.867. The minimum Gasteiger partial charge on any atom is -0.387 e. The van der Waals surface area contributed by atoms with Gasteiger partial charge in [-0.25, -0.2) is 13.6 Å². The number of benzene rings is 1. The maximum Gasteiger partial charge on any atom is 0.211 e. The van der Waals surface area contributed by atoms with Gasteiger partial charge in [-0.1, -0.05) is 18.2 Å². The topological polar surface area (TPSA) is 80.4 Å². The molecule has 1 heterocycles. The summed E-state index contributed by atoms with van der Waals surface area (Å²) in [7, 11) is -3.66. The Hall–Kier alpha value is -0.950. The van der Waals surface area contributed by atoms with Crippen LogP contribution in [0.3, 0.4) is 0 Å². The second-order valence-corrected chi connectivity index (χ2v) is 6.10. The third-order valence-corrected chi connectivity index (χ3v) is 4.02. The van der Waals surface area contributed by atoms with Crippen molar-refractivity contribution in [3.63, 3.8) is 0 Å². The number of rotatable bonds is 3. The SMILES string of the molecule is NS(=O)(=O)CC(O)c1csc2ccccc12. The van der Waals surface area contributed by atoms with Crippen LogP contribution in [0, 0.1) is 0 Å². The fraction of sp³-hybridized carbons (Fsp3) is 0.200. The zero-order valence-corrected chi connectivity index (χ0v) is 9.96. The Labute approximate surface area is 97.4 Å². The van der Waals surface area contributed by atoms with Crippen molar-refractivity contribution in [2.24, 2.45) is 5.14 Å². The summed E-state index contributed by atoms with van der Waals surface area (Å²) in [6.45, 7) is 0. The van der Waals surface area contributed by atoms with Crippen molar-refractivity contribution in [1.82, 2.24) is 0 Å². The van der Waals surface area contributed by atoms with Crippen molar-refractivity contribution in [2.45, 2.75) is 6.10 Å². The monoisotopic (exact) mass is 257 g/mol. The zero-order valence-electron chi connectivity index (χ0n) is 8.33. The first-order chi connectivity index (χ1) is 7.47. The van der Waals surface area contributed by atoms with E-state index in [2.05, 4.69) is 0 Å². The summed E-state index contributed by atoms with van der Waals surface area (Å²) in [5.74, 6) is -0.451. The molecule has 4 nitrogen and oxygen atoms in total. The van der Waals surface area contributed by atoms with Crippen molar-refractivity contribution in [2.75, 3.05) is 5.75 Å². The maximum absolute atomic E-state index is 10.9. The number of hydrogen-bond donors (Lipinski definition) is 2. The minimum absolute atomic E-state index is 0.451. The summed E-state index contributed by atoms with van der Waals surface area (Å²) < 4.78 is 22.8. The predicted octanol–water partition coefficient (Wildman–Crippen LogP) is 1.22. The molecular weight excluding hydrogens is 246 g/mol. The highest BCUT2D eigenvalue weighted by molar-refractivity contribution is 7.89. The van der Waals surface area contributed by atoms with Crippen LogP contribution in [0.15, 0.2) is 29.6 Å². The Balaban J connectivity index is 2.40. The molecule has 86 valence electrons. The largest absolute Gasteiger partial charge is 0.387 e. The molecule has 0 aliphatic carbocycles. The Morgan fingerprint density at radius 2 is 2.06 bits per heavy atom. The molecule has 2 rings (SSSR count). The zero-order chi connectivity index (χ0) is 11.8. The van der Waals surface area contributed by atoms with E-state index < -0.39 is 21.9 Å².